The summed E-state index contributed by atoms with van der Waals surface area (Å²) < 4.78 is 11.8. The van der Waals surface area contributed by atoms with E-state index in [4.69, 9.17) is 9.15 Å². The average Bonchev–Trinajstić information content (AvgIpc) is 3.27. The Labute approximate surface area is 178 Å². The van der Waals surface area contributed by atoms with Gasteiger partial charge in [0.25, 0.3) is 0 Å². The molecule has 4 aromatic rings. The van der Waals surface area contributed by atoms with Crippen molar-refractivity contribution in [3.05, 3.63) is 86.7 Å². The summed E-state index contributed by atoms with van der Waals surface area (Å²) in [5.41, 5.74) is 2.10. The Bertz CT molecular complexity index is 1240. The fourth-order valence-electron chi connectivity index (χ4n) is 3.21. The van der Waals surface area contributed by atoms with Gasteiger partial charge in [-0.1, -0.05) is 63.2 Å². The number of ether oxygens (including phenoxy) is 1. The number of carbonyl (C=O) groups is 1. The molecule has 5 heteroatoms. The largest absolute Gasteiger partial charge is 0.478 e. The number of hydrogen-bond donors (Lipinski definition) is 0. The Kier molecular flexibility index (Phi) is 5.31. The van der Waals surface area contributed by atoms with Crippen molar-refractivity contribution >= 4 is 28.1 Å². The van der Waals surface area contributed by atoms with E-state index >= 15 is 0 Å². The lowest BCUT2D eigenvalue weighted by molar-refractivity contribution is 0.0924. The van der Waals surface area contributed by atoms with Gasteiger partial charge in [-0.25, -0.2) is 0 Å². The molecule has 0 aliphatic heterocycles. The lowest BCUT2D eigenvalue weighted by Gasteiger charge is -2.19. The summed E-state index contributed by atoms with van der Waals surface area (Å²) in [6, 6.07) is 18.5. The molecular weight excluding hydrogens is 396 g/mol. The van der Waals surface area contributed by atoms with Gasteiger partial charge in [-0.2, -0.15) is 0 Å². The van der Waals surface area contributed by atoms with E-state index in [0.29, 0.717) is 21.6 Å². The van der Waals surface area contributed by atoms with Crippen LogP contribution in [0.3, 0.4) is 0 Å². The van der Waals surface area contributed by atoms with Gasteiger partial charge in [0.05, 0.1) is 10.3 Å². The molecule has 0 aliphatic carbocycles. The first-order chi connectivity index (χ1) is 14.3. The standard InChI is InChI=1S/C25H22O4S/c1-25(2,3)17-12-10-16(11-13-17)23-24(28-15-19(26)21-9-6-14-30-21)22(27)18-7-4-5-8-20(18)29-23/h4-14H,15H2,1-3H3. The number of fused-ring (bicyclic) bond motifs is 1. The van der Waals surface area contributed by atoms with E-state index < -0.39 is 0 Å². The highest BCUT2D eigenvalue weighted by Gasteiger charge is 2.20. The van der Waals surface area contributed by atoms with Crippen LogP contribution in [0, 0.1) is 0 Å². The Hall–Kier alpha value is -3.18. The quantitative estimate of drug-likeness (QED) is 0.369. The smallest absolute Gasteiger partial charge is 0.235 e. The third-order valence-electron chi connectivity index (χ3n) is 4.91. The molecule has 152 valence electrons. The van der Waals surface area contributed by atoms with E-state index in [9.17, 15) is 9.59 Å². The summed E-state index contributed by atoms with van der Waals surface area (Å²) in [6.45, 7) is 6.20. The molecule has 2 aromatic heterocycles. The minimum Gasteiger partial charge on any atom is -0.478 e. The molecule has 0 radical (unpaired) electrons. The summed E-state index contributed by atoms with van der Waals surface area (Å²) in [6.07, 6.45) is 0. The van der Waals surface area contributed by atoms with Gasteiger partial charge in [0.2, 0.25) is 17.0 Å². The van der Waals surface area contributed by atoms with Crippen LogP contribution >= 0.6 is 11.3 Å². The Morgan fingerprint density at radius 1 is 1.00 bits per heavy atom. The van der Waals surface area contributed by atoms with E-state index in [1.165, 1.54) is 16.9 Å². The Morgan fingerprint density at radius 3 is 2.40 bits per heavy atom. The van der Waals surface area contributed by atoms with Crippen LogP contribution in [0.2, 0.25) is 0 Å². The first kappa shape index (κ1) is 20.1. The van der Waals surface area contributed by atoms with Gasteiger partial charge in [0, 0.05) is 5.56 Å². The number of thiophene rings is 1. The minimum atomic E-state index is -0.286. The van der Waals surface area contributed by atoms with Crippen LogP contribution in [-0.2, 0) is 5.41 Å². The second kappa shape index (κ2) is 7.92. The predicted molar refractivity (Wildman–Crippen MR) is 121 cm³/mol. The maximum atomic E-state index is 13.2. The molecule has 2 aromatic carbocycles. The van der Waals surface area contributed by atoms with E-state index in [0.717, 1.165) is 5.56 Å². The van der Waals surface area contributed by atoms with Crippen LogP contribution in [0.25, 0.3) is 22.3 Å². The molecule has 4 rings (SSSR count). The molecule has 0 amide bonds. The second-order valence-electron chi connectivity index (χ2n) is 8.10. The predicted octanol–water partition coefficient (Wildman–Crippen LogP) is 6.08. The fourth-order valence-corrected chi connectivity index (χ4v) is 3.86. The van der Waals surface area contributed by atoms with Crippen molar-refractivity contribution in [2.45, 2.75) is 26.2 Å². The van der Waals surface area contributed by atoms with Crippen LogP contribution in [0.5, 0.6) is 5.75 Å². The first-order valence-corrected chi connectivity index (χ1v) is 10.6. The highest BCUT2D eigenvalue weighted by molar-refractivity contribution is 7.12. The highest BCUT2D eigenvalue weighted by atomic mass is 32.1. The van der Waals surface area contributed by atoms with Crippen molar-refractivity contribution in [2.75, 3.05) is 6.61 Å². The van der Waals surface area contributed by atoms with E-state index in [1.807, 2.05) is 41.8 Å². The lowest BCUT2D eigenvalue weighted by atomic mass is 9.86. The molecule has 0 fully saturated rings. The van der Waals surface area contributed by atoms with Gasteiger partial charge in [-0.15, -0.1) is 11.3 Å². The Balaban J connectivity index is 1.78. The topological polar surface area (TPSA) is 56.5 Å². The van der Waals surface area contributed by atoms with Crippen molar-refractivity contribution in [1.82, 2.24) is 0 Å². The van der Waals surface area contributed by atoms with Crippen LogP contribution in [-0.4, -0.2) is 12.4 Å². The SMILES string of the molecule is CC(C)(C)c1ccc(-c2oc3ccccc3c(=O)c2OCC(=O)c2cccs2)cc1. The van der Waals surface area contributed by atoms with Gasteiger partial charge < -0.3 is 9.15 Å². The van der Waals surface area contributed by atoms with Gasteiger partial charge in [-0.3, -0.25) is 9.59 Å². The van der Waals surface area contributed by atoms with Gasteiger partial charge in [-0.05, 0) is 34.6 Å². The van der Waals surface area contributed by atoms with Crippen LogP contribution in [0.4, 0.5) is 0 Å². The number of hydrogen-bond acceptors (Lipinski definition) is 5. The third-order valence-corrected chi connectivity index (χ3v) is 5.82. The minimum absolute atomic E-state index is 0.00914. The number of Topliss-reactive ketones (excluding diaryl/α,β-unsaturated/α-hetero) is 1. The normalized spacial score (nSPS) is 11.6. The molecule has 30 heavy (non-hydrogen) atoms. The molecule has 0 N–H and O–H groups in total. The van der Waals surface area contributed by atoms with E-state index in [-0.39, 0.29) is 29.0 Å². The van der Waals surface area contributed by atoms with Crippen molar-refractivity contribution in [2.24, 2.45) is 0 Å². The maximum absolute atomic E-state index is 13.2. The number of para-hydroxylation sites is 1. The average molecular weight is 419 g/mol. The molecule has 4 nitrogen and oxygen atoms in total. The molecule has 0 atom stereocenters. The molecular formula is C25H22O4S. The lowest BCUT2D eigenvalue weighted by Crippen LogP contribution is -2.16. The van der Waals surface area contributed by atoms with Crippen molar-refractivity contribution in [3.63, 3.8) is 0 Å². The van der Waals surface area contributed by atoms with E-state index in [2.05, 4.69) is 20.8 Å². The van der Waals surface area contributed by atoms with Crippen LogP contribution < -0.4 is 10.2 Å². The van der Waals surface area contributed by atoms with Crippen molar-refractivity contribution in [1.29, 1.82) is 0 Å². The van der Waals surface area contributed by atoms with E-state index in [1.54, 1.807) is 24.3 Å². The molecule has 0 aliphatic rings. The molecule has 0 unspecified atom stereocenters. The fraction of sp³-hybridized carbons (Fsp3) is 0.200. The number of benzene rings is 2. The maximum Gasteiger partial charge on any atom is 0.235 e. The number of rotatable bonds is 5. The van der Waals surface area contributed by atoms with Gasteiger partial charge in [0.1, 0.15) is 5.58 Å². The van der Waals surface area contributed by atoms with Gasteiger partial charge in [0.15, 0.2) is 12.4 Å². The monoisotopic (exact) mass is 418 g/mol. The van der Waals surface area contributed by atoms with Crippen molar-refractivity contribution < 1.29 is 13.9 Å². The Morgan fingerprint density at radius 2 is 1.73 bits per heavy atom. The summed E-state index contributed by atoms with van der Waals surface area (Å²) in [4.78, 5) is 26.2. The molecule has 0 bridgehead atoms. The summed E-state index contributed by atoms with van der Waals surface area (Å²) in [7, 11) is 0. The van der Waals surface area contributed by atoms with Crippen LogP contribution in [0.1, 0.15) is 36.0 Å². The summed E-state index contributed by atoms with van der Waals surface area (Å²) in [5, 5.41) is 2.26. The van der Waals surface area contributed by atoms with Crippen LogP contribution in [0.15, 0.2) is 75.3 Å². The molecule has 0 saturated heterocycles. The highest BCUT2D eigenvalue weighted by Crippen LogP contribution is 2.32. The summed E-state index contributed by atoms with van der Waals surface area (Å²) >= 11 is 1.35. The third kappa shape index (κ3) is 3.94. The van der Waals surface area contributed by atoms with Crippen molar-refractivity contribution in [3.8, 4) is 17.1 Å². The number of ketones is 1. The summed E-state index contributed by atoms with van der Waals surface area (Å²) in [5.74, 6) is 0.215. The zero-order valence-electron chi connectivity index (χ0n) is 17.1. The van der Waals surface area contributed by atoms with Gasteiger partial charge >= 0.3 is 0 Å². The second-order valence-corrected chi connectivity index (χ2v) is 9.05. The zero-order valence-corrected chi connectivity index (χ0v) is 17.9. The molecule has 2 heterocycles. The zero-order chi connectivity index (χ0) is 21.3. The number of carbonyl (C=O) groups excluding carboxylic acids is 1. The molecule has 0 saturated carbocycles. The molecule has 0 spiro atoms. The first-order valence-electron chi connectivity index (χ1n) is 9.71.